The molecule has 0 spiro atoms. The number of nitrogens with one attached hydrogen (secondary N) is 1. The number of hydrogen-bond donors (Lipinski definition) is 2. The van der Waals surface area contributed by atoms with Crippen molar-refractivity contribution < 1.29 is 9.90 Å². The summed E-state index contributed by atoms with van der Waals surface area (Å²) in [7, 11) is 1.96. The first-order valence-electron chi connectivity index (χ1n) is 6.88. The molecule has 0 aliphatic carbocycles. The summed E-state index contributed by atoms with van der Waals surface area (Å²) in [6.07, 6.45) is 0.162. The Kier molecular flexibility index (Phi) is 4.14. The zero-order valence-corrected chi connectivity index (χ0v) is 12.5. The van der Waals surface area contributed by atoms with Gasteiger partial charge in [0.15, 0.2) is 0 Å². The van der Waals surface area contributed by atoms with E-state index in [0.717, 1.165) is 17.8 Å². The van der Waals surface area contributed by atoms with E-state index in [-0.39, 0.29) is 12.5 Å². The van der Waals surface area contributed by atoms with Crippen LogP contribution in [0.1, 0.15) is 30.2 Å². The molecule has 1 heterocycles. The zero-order chi connectivity index (χ0) is 14.9. The minimum Gasteiger partial charge on any atom is -0.481 e. The van der Waals surface area contributed by atoms with Gasteiger partial charge in [0.25, 0.3) is 0 Å². The fraction of sp³-hybridized carbons (Fsp3) is 0.438. The van der Waals surface area contributed by atoms with Crippen LogP contribution in [0.15, 0.2) is 18.2 Å². The molecule has 0 radical (unpaired) electrons. The summed E-state index contributed by atoms with van der Waals surface area (Å²) >= 11 is 0. The third kappa shape index (κ3) is 3.02. The molecule has 0 unspecified atom stereocenters. The summed E-state index contributed by atoms with van der Waals surface area (Å²) in [6, 6.07) is 6.40. The maximum Gasteiger partial charge on any atom is 0.304 e. The van der Waals surface area contributed by atoms with E-state index in [1.54, 1.807) is 0 Å². The molecule has 4 heteroatoms. The Morgan fingerprint density at radius 1 is 1.40 bits per heavy atom. The summed E-state index contributed by atoms with van der Waals surface area (Å²) in [5, 5.41) is 10.1. The number of aromatic amines is 1. The third-order valence-electron chi connectivity index (χ3n) is 4.04. The molecule has 0 fully saturated rings. The van der Waals surface area contributed by atoms with Crippen molar-refractivity contribution in [2.24, 2.45) is 0 Å². The van der Waals surface area contributed by atoms with Crippen molar-refractivity contribution in [3.8, 4) is 0 Å². The van der Waals surface area contributed by atoms with Gasteiger partial charge in [0.1, 0.15) is 0 Å². The summed E-state index contributed by atoms with van der Waals surface area (Å²) in [5.41, 5.74) is 4.85. The summed E-state index contributed by atoms with van der Waals surface area (Å²) < 4.78 is 0. The first-order chi connectivity index (χ1) is 9.38. The molecular formula is C16H22N2O2. The maximum atomic E-state index is 10.8. The molecule has 0 bridgehead atoms. The fourth-order valence-corrected chi connectivity index (χ4v) is 2.43. The van der Waals surface area contributed by atoms with Gasteiger partial charge >= 0.3 is 5.97 Å². The van der Waals surface area contributed by atoms with Gasteiger partial charge in [-0.15, -0.1) is 0 Å². The third-order valence-corrected chi connectivity index (χ3v) is 4.04. The average Bonchev–Trinajstić information content (AvgIpc) is 2.76. The zero-order valence-electron chi connectivity index (χ0n) is 12.5. The Labute approximate surface area is 119 Å². The van der Waals surface area contributed by atoms with Crippen molar-refractivity contribution in [2.75, 3.05) is 7.05 Å². The molecule has 0 aliphatic rings. The second kappa shape index (κ2) is 5.67. The SMILES string of the molecule is Cc1ccc2[nH]c(CN(C)[C@@H](C)CC(=O)O)cc2c1C. The number of aryl methyl sites for hydroxylation is 2. The number of aliphatic carboxylic acids is 1. The van der Waals surface area contributed by atoms with Gasteiger partial charge in [0.05, 0.1) is 6.42 Å². The van der Waals surface area contributed by atoms with Crippen molar-refractivity contribution >= 4 is 16.9 Å². The van der Waals surface area contributed by atoms with Gasteiger partial charge in [-0.1, -0.05) is 6.07 Å². The Bertz CT molecular complexity index is 631. The van der Waals surface area contributed by atoms with Gasteiger partial charge in [-0.05, 0) is 51.1 Å². The quantitative estimate of drug-likeness (QED) is 0.881. The second-order valence-corrected chi connectivity index (χ2v) is 5.63. The lowest BCUT2D eigenvalue weighted by Gasteiger charge is -2.22. The number of benzene rings is 1. The van der Waals surface area contributed by atoms with Gasteiger partial charge in [0.2, 0.25) is 0 Å². The fourth-order valence-electron chi connectivity index (χ4n) is 2.43. The Morgan fingerprint density at radius 3 is 2.75 bits per heavy atom. The molecule has 1 aromatic carbocycles. The van der Waals surface area contributed by atoms with Crippen molar-refractivity contribution in [1.82, 2.24) is 9.88 Å². The van der Waals surface area contributed by atoms with Crippen LogP contribution >= 0.6 is 0 Å². The van der Waals surface area contributed by atoms with Gasteiger partial charge in [-0.2, -0.15) is 0 Å². The Balaban J connectivity index is 2.18. The number of carbonyl (C=O) groups is 1. The van der Waals surface area contributed by atoms with E-state index >= 15 is 0 Å². The van der Waals surface area contributed by atoms with E-state index < -0.39 is 5.97 Å². The van der Waals surface area contributed by atoms with Gasteiger partial charge in [-0.25, -0.2) is 0 Å². The molecule has 0 saturated heterocycles. The smallest absolute Gasteiger partial charge is 0.304 e. The number of hydrogen-bond acceptors (Lipinski definition) is 2. The molecule has 1 aromatic heterocycles. The molecule has 2 rings (SSSR count). The molecule has 20 heavy (non-hydrogen) atoms. The van der Waals surface area contributed by atoms with Crippen LogP contribution in [-0.4, -0.2) is 34.0 Å². The predicted octanol–water partition coefficient (Wildman–Crippen LogP) is 3.08. The first kappa shape index (κ1) is 14.6. The number of rotatable bonds is 5. The van der Waals surface area contributed by atoms with E-state index in [1.807, 2.05) is 14.0 Å². The molecule has 2 aromatic rings. The molecule has 0 saturated carbocycles. The molecule has 108 valence electrons. The molecule has 4 nitrogen and oxygen atoms in total. The van der Waals surface area contributed by atoms with Crippen molar-refractivity contribution in [3.05, 3.63) is 35.0 Å². The van der Waals surface area contributed by atoms with Crippen LogP contribution in [0, 0.1) is 13.8 Å². The van der Waals surface area contributed by atoms with E-state index in [1.165, 1.54) is 16.5 Å². The maximum absolute atomic E-state index is 10.8. The van der Waals surface area contributed by atoms with Crippen LogP contribution in [-0.2, 0) is 11.3 Å². The molecule has 2 N–H and O–H groups in total. The van der Waals surface area contributed by atoms with E-state index in [2.05, 4.69) is 41.9 Å². The number of fused-ring (bicyclic) bond motifs is 1. The average molecular weight is 274 g/mol. The number of carboxylic acids is 1. The number of aromatic nitrogens is 1. The van der Waals surface area contributed by atoms with Crippen LogP contribution in [0.2, 0.25) is 0 Å². The standard InChI is InChI=1S/C16H22N2O2/c1-10-5-6-15-14(12(10)3)8-13(17-15)9-18(4)11(2)7-16(19)20/h5-6,8,11,17H,7,9H2,1-4H3,(H,19,20)/t11-/m0/s1. The molecule has 1 atom stereocenters. The second-order valence-electron chi connectivity index (χ2n) is 5.63. The monoisotopic (exact) mass is 274 g/mol. The highest BCUT2D eigenvalue weighted by atomic mass is 16.4. The van der Waals surface area contributed by atoms with Crippen molar-refractivity contribution in [2.45, 2.75) is 39.8 Å². The van der Waals surface area contributed by atoms with Crippen molar-refractivity contribution in [1.29, 1.82) is 0 Å². The lowest BCUT2D eigenvalue weighted by Crippen LogP contribution is -2.30. The van der Waals surface area contributed by atoms with Crippen LogP contribution in [0.25, 0.3) is 10.9 Å². The minimum absolute atomic E-state index is 0.0155. The van der Waals surface area contributed by atoms with Crippen LogP contribution < -0.4 is 0 Å². The summed E-state index contributed by atoms with van der Waals surface area (Å²) in [6.45, 7) is 6.91. The Morgan fingerprint density at radius 2 is 2.10 bits per heavy atom. The topological polar surface area (TPSA) is 56.3 Å². The van der Waals surface area contributed by atoms with Crippen LogP contribution in [0.4, 0.5) is 0 Å². The number of carboxylic acid groups (broad SMARTS) is 1. The van der Waals surface area contributed by atoms with Gasteiger partial charge < -0.3 is 10.1 Å². The van der Waals surface area contributed by atoms with E-state index in [4.69, 9.17) is 5.11 Å². The highest BCUT2D eigenvalue weighted by Crippen LogP contribution is 2.23. The first-order valence-corrected chi connectivity index (χ1v) is 6.88. The summed E-state index contributed by atoms with van der Waals surface area (Å²) in [4.78, 5) is 16.2. The predicted molar refractivity (Wildman–Crippen MR) is 81.0 cm³/mol. The number of H-pyrrole nitrogens is 1. The molecule has 0 amide bonds. The highest BCUT2D eigenvalue weighted by Gasteiger charge is 2.14. The number of nitrogens with zero attached hydrogens (tertiary/aromatic N) is 1. The molecule has 0 aliphatic heterocycles. The van der Waals surface area contributed by atoms with Gasteiger partial charge in [-0.3, -0.25) is 9.69 Å². The van der Waals surface area contributed by atoms with Crippen LogP contribution in [0.3, 0.4) is 0 Å². The van der Waals surface area contributed by atoms with E-state index in [0.29, 0.717) is 0 Å². The van der Waals surface area contributed by atoms with E-state index in [9.17, 15) is 4.79 Å². The Hall–Kier alpha value is -1.81. The highest BCUT2D eigenvalue weighted by molar-refractivity contribution is 5.84. The van der Waals surface area contributed by atoms with Crippen LogP contribution in [0.5, 0.6) is 0 Å². The van der Waals surface area contributed by atoms with Gasteiger partial charge in [0, 0.05) is 29.2 Å². The largest absolute Gasteiger partial charge is 0.481 e. The summed E-state index contributed by atoms with van der Waals surface area (Å²) in [5.74, 6) is -0.757. The lowest BCUT2D eigenvalue weighted by atomic mass is 10.1. The lowest BCUT2D eigenvalue weighted by molar-refractivity contribution is -0.138. The molecular weight excluding hydrogens is 252 g/mol. The normalized spacial score (nSPS) is 13.1. The minimum atomic E-state index is -0.757. The van der Waals surface area contributed by atoms with Crippen molar-refractivity contribution in [3.63, 3.8) is 0 Å².